The number of carbonyl (C=O) groups is 2. The van der Waals surface area contributed by atoms with Crippen LogP contribution in [0, 0.1) is 11.8 Å². The fourth-order valence-electron chi connectivity index (χ4n) is 3.31. The van der Waals surface area contributed by atoms with Crippen molar-refractivity contribution in [2.45, 2.75) is 45.6 Å². The second kappa shape index (κ2) is 10.00. The molecule has 5 nitrogen and oxygen atoms in total. The van der Waals surface area contributed by atoms with E-state index in [1.165, 1.54) is 18.9 Å². The van der Waals surface area contributed by atoms with Crippen molar-refractivity contribution in [3.63, 3.8) is 0 Å². The molecule has 2 amide bonds. The summed E-state index contributed by atoms with van der Waals surface area (Å²) in [6.07, 6.45) is 6.98. The maximum absolute atomic E-state index is 12.1. The van der Waals surface area contributed by atoms with Crippen molar-refractivity contribution < 1.29 is 14.3 Å². The minimum Gasteiger partial charge on any atom is -0.497 e. The van der Waals surface area contributed by atoms with Crippen molar-refractivity contribution in [3.05, 3.63) is 35.9 Å². The molecule has 1 aliphatic rings. The van der Waals surface area contributed by atoms with Gasteiger partial charge in [0.25, 0.3) is 0 Å². The minimum absolute atomic E-state index is 0.00961. The zero-order valence-electron chi connectivity index (χ0n) is 16.0. The van der Waals surface area contributed by atoms with Crippen LogP contribution in [-0.4, -0.2) is 31.5 Å². The number of hydrogen-bond donors (Lipinski definition) is 2. The quantitative estimate of drug-likeness (QED) is 0.736. The monoisotopic (exact) mass is 358 g/mol. The van der Waals surface area contributed by atoms with Gasteiger partial charge in [-0.3, -0.25) is 9.59 Å². The van der Waals surface area contributed by atoms with Crippen LogP contribution < -0.4 is 15.4 Å². The summed E-state index contributed by atoms with van der Waals surface area (Å²) in [4.78, 5) is 23.9. The summed E-state index contributed by atoms with van der Waals surface area (Å²) in [5.41, 5.74) is 0.916. The summed E-state index contributed by atoms with van der Waals surface area (Å²) < 4.78 is 5.10. The number of nitrogens with one attached hydrogen (secondary N) is 2. The first kappa shape index (κ1) is 20.0. The minimum atomic E-state index is -0.201. The Kier molecular flexibility index (Phi) is 7.70. The largest absolute Gasteiger partial charge is 0.497 e. The van der Waals surface area contributed by atoms with Gasteiger partial charge in [0, 0.05) is 25.1 Å². The van der Waals surface area contributed by atoms with Crippen molar-refractivity contribution in [1.82, 2.24) is 10.6 Å². The van der Waals surface area contributed by atoms with Crippen LogP contribution in [0.5, 0.6) is 5.75 Å². The lowest BCUT2D eigenvalue weighted by Crippen LogP contribution is -2.44. The molecule has 1 aromatic carbocycles. The van der Waals surface area contributed by atoms with Crippen molar-refractivity contribution in [2.75, 3.05) is 13.7 Å². The molecule has 1 fully saturated rings. The molecule has 3 unspecified atom stereocenters. The Labute approximate surface area is 156 Å². The molecule has 5 heteroatoms. The number of ether oxygens (including phenoxy) is 1. The molecule has 0 radical (unpaired) electrons. The van der Waals surface area contributed by atoms with Gasteiger partial charge >= 0.3 is 0 Å². The molecule has 3 atom stereocenters. The highest BCUT2D eigenvalue weighted by Gasteiger charge is 2.27. The number of methoxy groups -OCH3 is 1. The molecule has 2 rings (SSSR count). The van der Waals surface area contributed by atoms with E-state index in [0.717, 1.165) is 17.7 Å². The normalized spacial score (nSPS) is 22.8. The van der Waals surface area contributed by atoms with Gasteiger partial charge in [-0.2, -0.15) is 0 Å². The Morgan fingerprint density at radius 1 is 1.19 bits per heavy atom. The van der Waals surface area contributed by atoms with Crippen LogP contribution in [0.4, 0.5) is 0 Å². The van der Waals surface area contributed by atoms with Gasteiger partial charge in [0.2, 0.25) is 11.8 Å². The summed E-state index contributed by atoms with van der Waals surface area (Å²) in [6.45, 7) is 4.80. The zero-order chi connectivity index (χ0) is 18.9. The van der Waals surface area contributed by atoms with E-state index in [2.05, 4.69) is 24.5 Å². The van der Waals surface area contributed by atoms with E-state index in [1.807, 2.05) is 24.3 Å². The van der Waals surface area contributed by atoms with Crippen molar-refractivity contribution in [3.8, 4) is 5.75 Å². The molecule has 0 aromatic heterocycles. The lowest BCUT2D eigenvalue weighted by atomic mass is 9.78. The lowest BCUT2D eigenvalue weighted by Gasteiger charge is -2.34. The molecular weight excluding hydrogens is 328 g/mol. The Balaban J connectivity index is 1.68. The Morgan fingerprint density at radius 2 is 1.92 bits per heavy atom. The Bertz CT molecular complexity index is 625. The van der Waals surface area contributed by atoms with Crippen molar-refractivity contribution in [1.29, 1.82) is 0 Å². The number of amides is 2. The molecule has 26 heavy (non-hydrogen) atoms. The van der Waals surface area contributed by atoms with Gasteiger partial charge in [-0.1, -0.05) is 38.8 Å². The third-order valence-corrected chi connectivity index (χ3v) is 5.25. The predicted octanol–water partition coefficient (Wildman–Crippen LogP) is 3.16. The van der Waals surface area contributed by atoms with Crippen LogP contribution in [0.15, 0.2) is 30.3 Å². The summed E-state index contributed by atoms with van der Waals surface area (Å²) >= 11 is 0. The zero-order valence-corrected chi connectivity index (χ0v) is 16.0. The Morgan fingerprint density at radius 3 is 2.62 bits per heavy atom. The fourth-order valence-corrected chi connectivity index (χ4v) is 3.31. The summed E-state index contributed by atoms with van der Waals surface area (Å²) in [5.74, 6) is 1.74. The van der Waals surface area contributed by atoms with Crippen LogP contribution in [0.2, 0.25) is 0 Å². The molecule has 1 aliphatic carbocycles. The smallest absolute Gasteiger partial charge is 0.244 e. The number of hydrogen-bond acceptors (Lipinski definition) is 3. The second-order valence-electron chi connectivity index (χ2n) is 7.09. The topological polar surface area (TPSA) is 67.4 Å². The Hall–Kier alpha value is -2.30. The van der Waals surface area contributed by atoms with Gasteiger partial charge < -0.3 is 15.4 Å². The van der Waals surface area contributed by atoms with E-state index in [4.69, 9.17) is 4.74 Å². The fraction of sp³-hybridized carbons (Fsp3) is 0.524. The molecule has 1 aromatic rings. The van der Waals surface area contributed by atoms with Gasteiger partial charge in [0.1, 0.15) is 5.75 Å². The van der Waals surface area contributed by atoms with Gasteiger partial charge in [-0.05, 0) is 42.0 Å². The highest BCUT2D eigenvalue weighted by molar-refractivity contribution is 5.92. The maximum atomic E-state index is 12.1. The third-order valence-electron chi connectivity index (χ3n) is 5.25. The van der Waals surface area contributed by atoms with Gasteiger partial charge in [-0.15, -0.1) is 0 Å². The van der Waals surface area contributed by atoms with E-state index in [1.54, 1.807) is 13.2 Å². The second-order valence-corrected chi connectivity index (χ2v) is 7.09. The van der Waals surface area contributed by atoms with E-state index in [9.17, 15) is 9.59 Å². The van der Waals surface area contributed by atoms with Gasteiger partial charge in [0.05, 0.1) is 7.11 Å². The first-order chi connectivity index (χ1) is 12.5. The molecule has 0 saturated heterocycles. The number of benzene rings is 1. The van der Waals surface area contributed by atoms with Crippen LogP contribution in [0.25, 0.3) is 6.08 Å². The lowest BCUT2D eigenvalue weighted by molar-refractivity contribution is -0.122. The summed E-state index contributed by atoms with van der Waals surface area (Å²) in [7, 11) is 1.62. The SMILES string of the molecule is COc1ccc(/C=C/C(=O)NCCC(=O)NC2CCCC(C)C2C)cc1. The highest BCUT2D eigenvalue weighted by Crippen LogP contribution is 2.29. The number of carbonyl (C=O) groups excluding carboxylic acids is 2. The van der Waals surface area contributed by atoms with Crippen LogP contribution >= 0.6 is 0 Å². The van der Waals surface area contributed by atoms with Crippen LogP contribution in [-0.2, 0) is 9.59 Å². The molecule has 0 aliphatic heterocycles. The maximum Gasteiger partial charge on any atom is 0.244 e. The average Bonchev–Trinajstić information content (AvgIpc) is 2.64. The van der Waals surface area contributed by atoms with Gasteiger partial charge in [0.15, 0.2) is 0 Å². The van der Waals surface area contributed by atoms with Crippen LogP contribution in [0.3, 0.4) is 0 Å². The highest BCUT2D eigenvalue weighted by atomic mass is 16.5. The van der Waals surface area contributed by atoms with E-state index in [0.29, 0.717) is 24.8 Å². The molecule has 142 valence electrons. The van der Waals surface area contributed by atoms with Crippen molar-refractivity contribution in [2.24, 2.45) is 11.8 Å². The van der Waals surface area contributed by atoms with E-state index >= 15 is 0 Å². The van der Waals surface area contributed by atoms with E-state index in [-0.39, 0.29) is 17.9 Å². The first-order valence-corrected chi connectivity index (χ1v) is 9.39. The molecule has 0 bridgehead atoms. The molecule has 0 heterocycles. The van der Waals surface area contributed by atoms with Crippen molar-refractivity contribution >= 4 is 17.9 Å². The van der Waals surface area contributed by atoms with Gasteiger partial charge in [-0.25, -0.2) is 0 Å². The molecular formula is C21H30N2O3. The molecule has 0 spiro atoms. The molecule has 1 saturated carbocycles. The standard InChI is InChI=1S/C21H30N2O3/c1-15-5-4-6-19(16(15)2)23-21(25)13-14-22-20(24)12-9-17-7-10-18(26-3)11-8-17/h7-12,15-16,19H,4-6,13-14H2,1-3H3,(H,22,24)(H,23,25)/b12-9+. The predicted molar refractivity (Wildman–Crippen MR) is 104 cm³/mol. The first-order valence-electron chi connectivity index (χ1n) is 9.39. The summed E-state index contributed by atoms with van der Waals surface area (Å²) in [6, 6.07) is 7.70. The summed E-state index contributed by atoms with van der Waals surface area (Å²) in [5, 5.41) is 5.87. The number of rotatable bonds is 7. The average molecular weight is 358 g/mol. The van der Waals surface area contributed by atoms with E-state index < -0.39 is 0 Å². The third kappa shape index (κ3) is 6.21. The van der Waals surface area contributed by atoms with Crippen LogP contribution in [0.1, 0.15) is 45.1 Å². The molecule has 2 N–H and O–H groups in total.